The highest BCUT2D eigenvalue weighted by atomic mass is 19.1. The summed E-state index contributed by atoms with van der Waals surface area (Å²) in [5.41, 5.74) is 0.394. The highest BCUT2D eigenvalue weighted by Gasteiger charge is 2.21. The average molecular weight is 213 g/mol. The normalized spacial score (nSPS) is 20.6. The first kappa shape index (κ1) is 10.4. The van der Waals surface area contributed by atoms with Crippen molar-refractivity contribution in [2.24, 2.45) is 0 Å². The van der Waals surface area contributed by atoms with Crippen LogP contribution in [0.1, 0.15) is 24.4 Å². The lowest BCUT2D eigenvalue weighted by atomic mass is 10.0. The van der Waals surface area contributed by atoms with Gasteiger partial charge in [-0.25, -0.2) is 8.78 Å². The van der Waals surface area contributed by atoms with E-state index in [9.17, 15) is 8.78 Å². The van der Waals surface area contributed by atoms with E-state index < -0.39 is 11.6 Å². The standard InChI is InChI=1S/C11H13F2NO/c1-15-11-6-8(12)7(5-9(11)13)10-3-2-4-14-10/h5-6,10,14H,2-4H2,1H3/t10-/m0/s1. The topological polar surface area (TPSA) is 21.3 Å². The molecule has 1 aromatic carbocycles. The van der Waals surface area contributed by atoms with Gasteiger partial charge in [0.15, 0.2) is 11.6 Å². The van der Waals surface area contributed by atoms with Gasteiger partial charge in [-0.3, -0.25) is 0 Å². The molecular weight excluding hydrogens is 200 g/mol. The minimum atomic E-state index is -0.511. The summed E-state index contributed by atoms with van der Waals surface area (Å²) in [7, 11) is 1.32. The summed E-state index contributed by atoms with van der Waals surface area (Å²) in [4.78, 5) is 0. The van der Waals surface area contributed by atoms with Crippen molar-refractivity contribution in [3.63, 3.8) is 0 Å². The summed E-state index contributed by atoms with van der Waals surface area (Å²) in [6, 6.07) is 2.26. The SMILES string of the molecule is COc1cc(F)c([C@@H]2CCCN2)cc1F. The highest BCUT2D eigenvalue weighted by Crippen LogP contribution is 2.29. The minimum absolute atomic E-state index is 0.0470. The van der Waals surface area contributed by atoms with Crippen LogP contribution in [0, 0.1) is 11.6 Å². The molecule has 1 aliphatic rings. The number of halogens is 2. The Bertz CT molecular complexity index is 362. The van der Waals surface area contributed by atoms with E-state index in [0.29, 0.717) is 5.56 Å². The van der Waals surface area contributed by atoms with Gasteiger partial charge in [-0.1, -0.05) is 0 Å². The monoisotopic (exact) mass is 213 g/mol. The molecule has 1 N–H and O–H groups in total. The molecular formula is C11H13F2NO. The predicted octanol–water partition coefficient (Wildman–Crippen LogP) is 2.40. The van der Waals surface area contributed by atoms with E-state index in [1.54, 1.807) is 0 Å². The van der Waals surface area contributed by atoms with Gasteiger partial charge in [-0.05, 0) is 25.5 Å². The van der Waals surface area contributed by atoms with Crippen LogP contribution in [-0.4, -0.2) is 13.7 Å². The first-order valence-corrected chi connectivity index (χ1v) is 4.98. The number of benzene rings is 1. The zero-order chi connectivity index (χ0) is 10.8. The Balaban J connectivity index is 2.35. The average Bonchev–Trinajstić information content (AvgIpc) is 2.74. The van der Waals surface area contributed by atoms with E-state index in [-0.39, 0.29) is 11.8 Å². The van der Waals surface area contributed by atoms with E-state index in [2.05, 4.69) is 5.32 Å². The summed E-state index contributed by atoms with van der Waals surface area (Å²) in [6.45, 7) is 0.859. The van der Waals surface area contributed by atoms with E-state index in [1.807, 2.05) is 0 Å². The molecule has 1 saturated heterocycles. The lowest BCUT2D eigenvalue weighted by Crippen LogP contribution is -2.14. The maximum Gasteiger partial charge on any atom is 0.165 e. The molecule has 0 saturated carbocycles. The van der Waals surface area contributed by atoms with Crippen LogP contribution in [0.15, 0.2) is 12.1 Å². The fourth-order valence-corrected chi connectivity index (χ4v) is 1.92. The van der Waals surface area contributed by atoms with Crippen LogP contribution in [0.4, 0.5) is 8.78 Å². The third-order valence-corrected chi connectivity index (χ3v) is 2.71. The van der Waals surface area contributed by atoms with Crippen molar-refractivity contribution in [1.29, 1.82) is 0 Å². The van der Waals surface area contributed by atoms with Gasteiger partial charge >= 0.3 is 0 Å². The summed E-state index contributed by atoms with van der Waals surface area (Å²) in [6.07, 6.45) is 1.85. The fourth-order valence-electron chi connectivity index (χ4n) is 1.92. The molecule has 82 valence electrons. The van der Waals surface area contributed by atoms with Crippen molar-refractivity contribution in [2.75, 3.05) is 13.7 Å². The lowest BCUT2D eigenvalue weighted by Gasteiger charge is -2.13. The molecule has 0 spiro atoms. The number of ether oxygens (including phenoxy) is 1. The predicted molar refractivity (Wildman–Crippen MR) is 52.9 cm³/mol. The molecule has 4 heteroatoms. The molecule has 15 heavy (non-hydrogen) atoms. The third-order valence-electron chi connectivity index (χ3n) is 2.71. The summed E-state index contributed by atoms with van der Waals surface area (Å²) in [5, 5.41) is 3.13. The molecule has 0 radical (unpaired) electrons. The minimum Gasteiger partial charge on any atom is -0.494 e. The number of hydrogen-bond acceptors (Lipinski definition) is 2. The molecule has 2 nitrogen and oxygen atoms in total. The number of rotatable bonds is 2. The fraction of sp³-hybridized carbons (Fsp3) is 0.455. The molecule has 1 aromatic rings. The van der Waals surface area contributed by atoms with Crippen LogP contribution >= 0.6 is 0 Å². The molecule has 2 rings (SSSR count). The molecule has 0 aliphatic carbocycles. The maximum atomic E-state index is 13.6. The van der Waals surface area contributed by atoms with Crippen molar-refractivity contribution >= 4 is 0 Å². The lowest BCUT2D eigenvalue weighted by molar-refractivity contribution is 0.380. The first-order valence-electron chi connectivity index (χ1n) is 4.98. The number of nitrogens with one attached hydrogen (secondary N) is 1. The largest absolute Gasteiger partial charge is 0.494 e. The van der Waals surface area contributed by atoms with Gasteiger partial charge in [0.05, 0.1) is 7.11 Å². The molecule has 1 fully saturated rings. The van der Waals surface area contributed by atoms with Crippen molar-refractivity contribution < 1.29 is 13.5 Å². The summed E-state index contributed by atoms with van der Waals surface area (Å²) in [5.74, 6) is -0.968. The third kappa shape index (κ3) is 1.95. The number of methoxy groups -OCH3 is 1. The van der Waals surface area contributed by atoms with Crippen LogP contribution in [0.25, 0.3) is 0 Å². The molecule has 0 unspecified atom stereocenters. The van der Waals surface area contributed by atoms with Crippen LogP contribution in [0.2, 0.25) is 0 Å². The van der Waals surface area contributed by atoms with Gasteiger partial charge in [0, 0.05) is 17.7 Å². The molecule has 0 amide bonds. The van der Waals surface area contributed by atoms with Crippen LogP contribution in [-0.2, 0) is 0 Å². The first-order chi connectivity index (χ1) is 7.22. The molecule has 0 bridgehead atoms. The van der Waals surface area contributed by atoms with Gasteiger partial charge in [0.2, 0.25) is 0 Å². The Kier molecular flexibility index (Phi) is 2.86. The molecule has 1 atom stereocenters. The maximum absolute atomic E-state index is 13.6. The number of hydrogen-bond donors (Lipinski definition) is 1. The van der Waals surface area contributed by atoms with Crippen LogP contribution in [0.5, 0.6) is 5.75 Å². The molecule has 1 heterocycles. The quantitative estimate of drug-likeness (QED) is 0.814. The van der Waals surface area contributed by atoms with E-state index in [4.69, 9.17) is 4.74 Å². The second-order valence-corrected chi connectivity index (χ2v) is 3.66. The van der Waals surface area contributed by atoms with Gasteiger partial charge in [0.1, 0.15) is 5.82 Å². The Morgan fingerprint density at radius 2 is 2.13 bits per heavy atom. The highest BCUT2D eigenvalue weighted by molar-refractivity contribution is 5.32. The van der Waals surface area contributed by atoms with Crippen LogP contribution < -0.4 is 10.1 Å². The molecule has 0 aromatic heterocycles. The Hall–Kier alpha value is -1.16. The van der Waals surface area contributed by atoms with Gasteiger partial charge in [0.25, 0.3) is 0 Å². The van der Waals surface area contributed by atoms with Crippen molar-refractivity contribution in [3.05, 3.63) is 29.3 Å². The Morgan fingerprint density at radius 1 is 1.33 bits per heavy atom. The molecule has 1 aliphatic heterocycles. The second-order valence-electron chi connectivity index (χ2n) is 3.66. The summed E-state index contributed by atoms with van der Waals surface area (Å²) < 4.78 is 31.7. The Morgan fingerprint density at radius 3 is 2.73 bits per heavy atom. The van der Waals surface area contributed by atoms with Gasteiger partial charge in [-0.2, -0.15) is 0 Å². The summed E-state index contributed by atoms with van der Waals surface area (Å²) >= 11 is 0. The van der Waals surface area contributed by atoms with Crippen molar-refractivity contribution in [1.82, 2.24) is 5.32 Å². The van der Waals surface area contributed by atoms with Crippen molar-refractivity contribution in [3.8, 4) is 5.75 Å². The smallest absolute Gasteiger partial charge is 0.165 e. The second kappa shape index (κ2) is 4.14. The van der Waals surface area contributed by atoms with Gasteiger partial charge < -0.3 is 10.1 Å². The van der Waals surface area contributed by atoms with Gasteiger partial charge in [-0.15, -0.1) is 0 Å². The van der Waals surface area contributed by atoms with Crippen molar-refractivity contribution in [2.45, 2.75) is 18.9 Å². The van der Waals surface area contributed by atoms with E-state index in [0.717, 1.165) is 25.5 Å². The van der Waals surface area contributed by atoms with E-state index >= 15 is 0 Å². The van der Waals surface area contributed by atoms with Crippen LogP contribution in [0.3, 0.4) is 0 Å². The van der Waals surface area contributed by atoms with E-state index in [1.165, 1.54) is 13.2 Å². The zero-order valence-corrected chi connectivity index (χ0v) is 8.52. The zero-order valence-electron chi connectivity index (χ0n) is 8.52. The Labute approximate surface area is 87.2 Å².